The summed E-state index contributed by atoms with van der Waals surface area (Å²) in [6.45, 7) is 1.80. The molecule has 1 atom stereocenters. The fourth-order valence-corrected chi connectivity index (χ4v) is 4.58. The number of carbonyl (C=O) groups excluding carboxylic acids is 2. The van der Waals surface area contributed by atoms with E-state index in [-0.39, 0.29) is 18.3 Å². The van der Waals surface area contributed by atoms with Crippen LogP contribution < -0.4 is 10.6 Å². The minimum Gasteiger partial charge on any atom is -0.346 e. The van der Waals surface area contributed by atoms with Gasteiger partial charge < -0.3 is 10.6 Å². The van der Waals surface area contributed by atoms with Crippen LogP contribution in [0.25, 0.3) is 0 Å². The van der Waals surface area contributed by atoms with Gasteiger partial charge in [-0.05, 0) is 41.1 Å². The lowest BCUT2D eigenvalue weighted by Gasteiger charge is -2.35. The molecule has 1 aliphatic heterocycles. The summed E-state index contributed by atoms with van der Waals surface area (Å²) in [4.78, 5) is 27.9. The number of anilines is 1. The number of amides is 2. The fraction of sp³-hybridized carbons (Fsp3) is 0.217. The van der Waals surface area contributed by atoms with Crippen molar-refractivity contribution in [3.63, 3.8) is 0 Å². The quantitative estimate of drug-likeness (QED) is 0.591. The molecule has 4 rings (SSSR count). The van der Waals surface area contributed by atoms with Gasteiger partial charge in [-0.25, -0.2) is 8.78 Å². The molecule has 0 aliphatic carbocycles. The number of benzene rings is 2. The maximum Gasteiger partial charge on any atom is 0.313 e. The Bertz CT molecular complexity index is 1090. The highest BCUT2D eigenvalue weighted by Gasteiger charge is 2.27. The molecule has 1 aliphatic rings. The van der Waals surface area contributed by atoms with E-state index in [0.717, 1.165) is 42.6 Å². The van der Waals surface area contributed by atoms with Gasteiger partial charge in [-0.2, -0.15) is 0 Å². The maximum absolute atomic E-state index is 13.7. The van der Waals surface area contributed by atoms with Crippen LogP contribution in [0.5, 0.6) is 0 Å². The van der Waals surface area contributed by atoms with Crippen molar-refractivity contribution in [1.82, 2.24) is 10.2 Å². The minimum atomic E-state index is -1.04. The predicted molar refractivity (Wildman–Crippen MR) is 116 cm³/mol. The predicted octanol–water partition coefficient (Wildman–Crippen LogP) is 3.88. The normalized spacial score (nSPS) is 14.5. The number of hydrogen-bond acceptors (Lipinski definition) is 4. The lowest BCUT2D eigenvalue weighted by Crippen LogP contribution is -2.43. The van der Waals surface area contributed by atoms with E-state index < -0.39 is 23.4 Å². The molecule has 31 heavy (non-hydrogen) atoms. The summed E-state index contributed by atoms with van der Waals surface area (Å²) in [6.07, 6.45) is 0.908. The van der Waals surface area contributed by atoms with Crippen molar-refractivity contribution in [2.75, 3.05) is 18.4 Å². The smallest absolute Gasteiger partial charge is 0.313 e. The molecular weight excluding hydrogens is 420 g/mol. The summed E-state index contributed by atoms with van der Waals surface area (Å²) in [6, 6.07) is 14.8. The van der Waals surface area contributed by atoms with Gasteiger partial charge in [0.05, 0.1) is 11.7 Å². The molecule has 8 heteroatoms. The first-order valence-corrected chi connectivity index (χ1v) is 10.8. The molecule has 0 saturated carbocycles. The third-order valence-corrected chi connectivity index (χ3v) is 6.28. The SMILES string of the molecule is O=C(NCC(c1cccs1)N1CCc2ccccc2C1)C(=O)Nc1cc(F)ccc1F. The van der Waals surface area contributed by atoms with E-state index >= 15 is 0 Å². The van der Waals surface area contributed by atoms with E-state index in [1.807, 2.05) is 29.6 Å². The topological polar surface area (TPSA) is 61.4 Å². The Morgan fingerprint density at radius 2 is 1.84 bits per heavy atom. The first-order valence-electron chi connectivity index (χ1n) is 9.90. The van der Waals surface area contributed by atoms with Crippen LogP contribution >= 0.6 is 11.3 Å². The molecule has 0 spiro atoms. The molecule has 0 fully saturated rings. The lowest BCUT2D eigenvalue weighted by molar-refractivity contribution is -0.136. The van der Waals surface area contributed by atoms with Gasteiger partial charge in [-0.15, -0.1) is 11.3 Å². The molecule has 5 nitrogen and oxygen atoms in total. The zero-order valence-electron chi connectivity index (χ0n) is 16.6. The van der Waals surface area contributed by atoms with Crippen molar-refractivity contribution < 1.29 is 18.4 Å². The standard InChI is InChI=1S/C23H21F2N3O2S/c24-17-7-8-18(25)19(12-17)27-23(30)22(29)26-13-20(21-6-3-11-31-21)28-10-9-15-4-1-2-5-16(15)14-28/h1-8,11-12,20H,9-10,13-14H2,(H,26,29)(H,27,30). The Balaban J connectivity index is 1.43. The zero-order valence-corrected chi connectivity index (χ0v) is 17.4. The Morgan fingerprint density at radius 1 is 1.03 bits per heavy atom. The second-order valence-electron chi connectivity index (χ2n) is 7.31. The second-order valence-corrected chi connectivity index (χ2v) is 8.29. The summed E-state index contributed by atoms with van der Waals surface area (Å²) >= 11 is 1.59. The van der Waals surface area contributed by atoms with Gasteiger partial charge in [0.25, 0.3) is 0 Å². The Hall–Kier alpha value is -3.10. The third-order valence-electron chi connectivity index (χ3n) is 5.31. The van der Waals surface area contributed by atoms with Crippen LogP contribution in [0.1, 0.15) is 22.0 Å². The van der Waals surface area contributed by atoms with Gasteiger partial charge in [0, 0.05) is 30.6 Å². The summed E-state index contributed by atoms with van der Waals surface area (Å²) < 4.78 is 27.0. The largest absolute Gasteiger partial charge is 0.346 e. The van der Waals surface area contributed by atoms with E-state index in [0.29, 0.717) is 0 Å². The fourth-order valence-electron chi connectivity index (χ4n) is 3.72. The van der Waals surface area contributed by atoms with Gasteiger partial charge in [-0.1, -0.05) is 30.3 Å². The molecule has 160 valence electrons. The van der Waals surface area contributed by atoms with Gasteiger partial charge >= 0.3 is 11.8 Å². The molecule has 2 heterocycles. The van der Waals surface area contributed by atoms with Crippen LogP contribution in [0, 0.1) is 11.6 Å². The van der Waals surface area contributed by atoms with Gasteiger partial charge in [-0.3, -0.25) is 14.5 Å². The van der Waals surface area contributed by atoms with Crippen molar-refractivity contribution in [3.05, 3.63) is 87.6 Å². The number of nitrogens with one attached hydrogen (secondary N) is 2. The Labute approximate surface area is 182 Å². The molecule has 0 bridgehead atoms. The lowest BCUT2D eigenvalue weighted by atomic mass is 9.98. The maximum atomic E-state index is 13.7. The Kier molecular flexibility index (Phi) is 6.39. The van der Waals surface area contributed by atoms with Crippen molar-refractivity contribution in [3.8, 4) is 0 Å². The first kappa shape index (κ1) is 21.1. The van der Waals surface area contributed by atoms with Gasteiger partial charge in [0.2, 0.25) is 0 Å². The summed E-state index contributed by atoms with van der Waals surface area (Å²) in [5.41, 5.74) is 2.20. The Morgan fingerprint density at radius 3 is 2.61 bits per heavy atom. The molecule has 0 saturated heterocycles. The van der Waals surface area contributed by atoms with Gasteiger partial charge in [0.15, 0.2) is 0 Å². The average Bonchev–Trinajstić information content (AvgIpc) is 3.30. The van der Waals surface area contributed by atoms with Crippen LogP contribution in [0.3, 0.4) is 0 Å². The second kappa shape index (κ2) is 9.36. The van der Waals surface area contributed by atoms with Crippen LogP contribution in [-0.2, 0) is 22.6 Å². The highest BCUT2D eigenvalue weighted by molar-refractivity contribution is 7.10. The molecule has 2 N–H and O–H groups in total. The zero-order chi connectivity index (χ0) is 21.8. The summed E-state index contributed by atoms with van der Waals surface area (Å²) in [5, 5.41) is 6.74. The van der Waals surface area contributed by atoms with E-state index in [9.17, 15) is 18.4 Å². The van der Waals surface area contributed by atoms with Crippen LogP contribution in [-0.4, -0.2) is 29.8 Å². The summed E-state index contributed by atoms with van der Waals surface area (Å²) in [7, 11) is 0. The van der Waals surface area contributed by atoms with Crippen LogP contribution in [0.2, 0.25) is 0 Å². The van der Waals surface area contributed by atoms with Gasteiger partial charge in [0.1, 0.15) is 11.6 Å². The van der Waals surface area contributed by atoms with Crippen molar-refractivity contribution in [2.24, 2.45) is 0 Å². The van der Waals surface area contributed by atoms with E-state index in [4.69, 9.17) is 0 Å². The molecule has 2 amide bonds. The third kappa shape index (κ3) is 4.98. The van der Waals surface area contributed by atoms with Crippen molar-refractivity contribution in [2.45, 2.75) is 19.0 Å². The summed E-state index contributed by atoms with van der Waals surface area (Å²) in [5.74, 6) is -3.47. The minimum absolute atomic E-state index is 0.101. The number of carbonyl (C=O) groups is 2. The number of hydrogen-bond donors (Lipinski definition) is 2. The first-order chi connectivity index (χ1) is 15.0. The average molecular weight is 442 g/mol. The molecule has 3 aromatic rings. The molecule has 0 radical (unpaired) electrons. The van der Waals surface area contributed by atoms with E-state index in [2.05, 4.69) is 27.7 Å². The van der Waals surface area contributed by atoms with Crippen molar-refractivity contribution >= 4 is 28.8 Å². The molecular formula is C23H21F2N3O2S. The van der Waals surface area contributed by atoms with Crippen LogP contribution in [0.15, 0.2) is 60.0 Å². The molecule has 1 aromatic heterocycles. The highest BCUT2D eigenvalue weighted by Crippen LogP contribution is 2.30. The van der Waals surface area contributed by atoms with Crippen molar-refractivity contribution in [1.29, 1.82) is 0 Å². The molecule has 1 unspecified atom stereocenters. The molecule has 2 aromatic carbocycles. The number of fused-ring (bicyclic) bond motifs is 1. The van der Waals surface area contributed by atoms with Crippen LogP contribution in [0.4, 0.5) is 14.5 Å². The number of thiophene rings is 1. The monoisotopic (exact) mass is 441 g/mol. The van der Waals surface area contributed by atoms with E-state index in [1.54, 1.807) is 11.3 Å². The van der Waals surface area contributed by atoms with E-state index in [1.165, 1.54) is 11.1 Å². The number of rotatable bonds is 5. The number of nitrogens with zero attached hydrogens (tertiary/aromatic N) is 1. The number of halogens is 2. The highest BCUT2D eigenvalue weighted by atomic mass is 32.1.